The quantitative estimate of drug-likeness (QED) is 0.202. The molecule has 12 heteroatoms. The Labute approximate surface area is 291 Å². The zero-order valence-corrected chi connectivity index (χ0v) is 27.8. The molecule has 0 unspecified atom stereocenters. The number of aromatic nitrogens is 4. The number of H-pyrrole nitrogens is 1. The smallest absolute Gasteiger partial charge is 0.259 e. The molecule has 10 nitrogen and oxygen atoms in total. The molecule has 0 aliphatic carbocycles. The third-order valence-electron chi connectivity index (χ3n) is 9.95. The van der Waals surface area contributed by atoms with Gasteiger partial charge in [-0.15, -0.1) is 11.3 Å². The Balaban J connectivity index is 0.933. The van der Waals surface area contributed by atoms with Gasteiger partial charge in [0.25, 0.3) is 11.8 Å². The number of aromatic amines is 1. The molecular weight excluding hydrogens is 654 g/mol. The summed E-state index contributed by atoms with van der Waals surface area (Å²) in [4.78, 5) is 50.2. The van der Waals surface area contributed by atoms with Crippen molar-refractivity contribution in [2.45, 2.75) is 19.3 Å². The number of hydrogen-bond acceptors (Lipinski definition) is 8. The number of rotatable bonds is 5. The number of carbonyl (C=O) groups is 2. The van der Waals surface area contributed by atoms with Crippen LogP contribution in [0.5, 0.6) is 0 Å². The first-order chi connectivity index (χ1) is 24.4. The molecule has 2 N–H and O–H groups in total. The van der Waals surface area contributed by atoms with Crippen LogP contribution in [0.4, 0.5) is 21.6 Å². The zero-order valence-electron chi connectivity index (χ0n) is 27.0. The molecule has 6 aromatic rings. The van der Waals surface area contributed by atoms with Crippen LogP contribution in [0.1, 0.15) is 39.1 Å². The van der Waals surface area contributed by atoms with Gasteiger partial charge in [-0.3, -0.25) is 14.6 Å². The molecule has 4 aromatic heterocycles. The molecule has 0 atom stereocenters. The number of amides is 2. The topological polar surface area (TPSA) is 116 Å². The van der Waals surface area contributed by atoms with Crippen molar-refractivity contribution >= 4 is 51.4 Å². The fourth-order valence-corrected chi connectivity index (χ4v) is 8.44. The third kappa shape index (κ3) is 5.40. The van der Waals surface area contributed by atoms with Crippen LogP contribution in [0.2, 0.25) is 0 Å². The van der Waals surface area contributed by atoms with Gasteiger partial charge in [-0.05, 0) is 79.4 Å². The number of pyridine rings is 2. The Morgan fingerprint density at radius 1 is 0.980 bits per heavy atom. The van der Waals surface area contributed by atoms with E-state index in [1.165, 1.54) is 23.6 Å². The molecule has 0 saturated carbocycles. The summed E-state index contributed by atoms with van der Waals surface area (Å²) in [5.74, 6) is 0.368. The molecular formula is C38H32FN7O3S. The lowest BCUT2D eigenvalue weighted by atomic mass is 9.73. The van der Waals surface area contributed by atoms with Gasteiger partial charge in [-0.1, -0.05) is 12.1 Å². The van der Waals surface area contributed by atoms with Gasteiger partial charge < -0.3 is 24.8 Å². The first-order valence-electron chi connectivity index (χ1n) is 16.7. The molecule has 2 saturated heterocycles. The van der Waals surface area contributed by atoms with Gasteiger partial charge in [-0.25, -0.2) is 14.4 Å². The molecule has 250 valence electrons. The molecule has 3 aliphatic rings. The van der Waals surface area contributed by atoms with E-state index in [1.807, 2.05) is 24.3 Å². The van der Waals surface area contributed by atoms with Crippen LogP contribution in [0.3, 0.4) is 0 Å². The van der Waals surface area contributed by atoms with Crippen molar-refractivity contribution in [3.05, 3.63) is 108 Å². The maximum Gasteiger partial charge on any atom is 0.259 e. The van der Waals surface area contributed by atoms with Crippen molar-refractivity contribution < 1.29 is 18.7 Å². The number of para-hydroxylation sites is 2. The van der Waals surface area contributed by atoms with Gasteiger partial charge in [0.2, 0.25) is 0 Å². The number of benzene rings is 2. The summed E-state index contributed by atoms with van der Waals surface area (Å²) in [7, 11) is 0. The van der Waals surface area contributed by atoms with Gasteiger partial charge in [0.1, 0.15) is 23.2 Å². The van der Waals surface area contributed by atoms with Crippen LogP contribution >= 0.6 is 11.3 Å². The van der Waals surface area contributed by atoms with Crippen LogP contribution in [-0.4, -0.2) is 64.6 Å². The number of carbonyl (C=O) groups excluding carboxylic acids is 2. The number of halogens is 1. The second-order valence-corrected chi connectivity index (χ2v) is 14.2. The van der Waals surface area contributed by atoms with Gasteiger partial charge in [0.15, 0.2) is 0 Å². The van der Waals surface area contributed by atoms with E-state index in [2.05, 4.69) is 31.2 Å². The Kier molecular flexibility index (Phi) is 7.43. The van der Waals surface area contributed by atoms with Gasteiger partial charge in [0.05, 0.1) is 38.2 Å². The summed E-state index contributed by atoms with van der Waals surface area (Å²) < 4.78 is 20.2. The molecule has 1 spiro atoms. The maximum atomic E-state index is 14.7. The fraction of sp³-hybridized carbons (Fsp3) is 0.237. The fourth-order valence-electron chi connectivity index (χ4n) is 7.28. The average Bonchev–Trinajstić information content (AvgIpc) is 3.73. The zero-order chi connectivity index (χ0) is 33.8. The number of hydrogen-bond donors (Lipinski definition) is 2. The minimum atomic E-state index is -0.520. The van der Waals surface area contributed by atoms with E-state index in [0.717, 1.165) is 71.3 Å². The Morgan fingerprint density at radius 3 is 2.62 bits per heavy atom. The highest BCUT2D eigenvalue weighted by atomic mass is 32.1. The molecule has 2 amide bonds. The van der Waals surface area contributed by atoms with Crippen LogP contribution in [-0.2, 0) is 11.2 Å². The highest BCUT2D eigenvalue weighted by Gasteiger charge is 2.45. The number of nitrogens with one attached hydrogen (secondary N) is 2. The SMILES string of the molecule is O=C(Nc1ccc(C(=O)N2CCc3cc(-c4nc5ccccc5[nH]4)sc3-c3ncc(F)cc32)cc1)c1cccnc1N1CC2(CCOCC2)C1. The first-order valence-corrected chi connectivity index (χ1v) is 17.5. The lowest BCUT2D eigenvalue weighted by Crippen LogP contribution is -2.59. The van der Waals surface area contributed by atoms with Crippen molar-refractivity contribution in [1.29, 1.82) is 0 Å². The lowest BCUT2D eigenvalue weighted by Gasteiger charge is -2.53. The number of thiophene rings is 1. The highest BCUT2D eigenvalue weighted by Crippen LogP contribution is 2.44. The average molecular weight is 686 g/mol. The van der Waals surface area contributed by atoms with Crippen molar-refractivity contribution in [2.24, 2.45) is 5.41 Å². The lowest BCUT2D eigenvalue weighted by molar-refractivity contribution is -0.000509. The Hall–Kier alpha value is -5.46. The van der Waals surface area contributed by atoms with E-state index in [4.69, 9.17) is 9.72 Å². The minimum Gasteiger partial charge on any atom is -0.381 e. The van der Waals surface area contributed by atoms with Gasteiger partial charge >= 0.3 is 0 Å². The summed E-state index contributed by atoms with van der Waals surface area (Å²) in [6.45, 7) is 3.62. The summed E-state index contributed by atoms with van der Waals surface area (Å²) in [6, 6.07) is 21.6. The number of imidazole rings is 1. The second-order valence-electron chi connectivity index (χ2n) is 13.2. The molecule has 2 aromatic carbocycles. The summed E-state index contributed by atoms with van der Waals surface area (Å²) in [5, 5.41) is 2.97. The standard InChI is InChI=1S/C38H32FN7O3S/c39-25-19-30-32(41-20-25)33-24(18-31(50-33)34-43-28-5-1-2-6-29(28)44-34)11-15-46(30)37(48)23-7-9-26(10-8-23)42-36(47)27-4-3-14-40-35(27)45-21-38(22-45)12-16-49-17-13-38/h1-10,14,18-20H,11-13,15-17,21-22H2,(H,42,47)(H,43,44). The highest BCUT2D eigenvalue weighted by molar-refractivity contribution is 7.19. The Morgan fingerprint density at radius 2 is 1.80 bits per heavy atom. The second kappa shape index (κ2) is 12.1. The first kappa shape index (κ1) is 30.6. The predicted molar refractivity (Wildman–Crippen MR) is 191 cm³/mol. The number of nitrogens with zero attached hydrogens (tertiary/aromatic N) is 5. The summed E-state index contributed by atoms with van der Waals surface area (Å²) >= 11 is 1.52. The van der Waals surface area contributed by atoms with E-state index in [0.29, 0.717) is 47.0 Å². The molecule has 50 heavy (non-hydrogen) atoms. The molecule has 0 radical (unpaired) electrons. The summed E-state index contributed by atoms with van der Waals surface area (Å²) in [5.41, 5.74) is 5.54. The summed E-state index contributed by atoms with van der Waals surface area (Å²) in [6.07, 6.45) is 5.51. The maximum absolute atomic E-state index is 14.7. The number of fused-ring (bicyclic) bond motifs is 4. The van der Waals surface area contributed by atoms with Crippen LogP contribution in [0.15, 0.2) is 85.2 Å². The van der Waals surface area contributed by atoms with Gasteiger partial charge in [0, 0.05) is 61.8 Å². The van der Waals surface area contributed by atoms with Crippen LogP contribution < -0.4 is 15.1 Å². The van der Waals surface area contributed by atoms with E-state index in [1.54, 1.807) is 47.5 Å². The van der Waals surface area contributed by atoms with Crippen molar-refractivity contribution in [1.82, 2.24) is 19.9 Å². The van der Waals surface area contributed by atoms with Crippen LogP contribution in [0.25, 0.3) is 32.3 Å². The normalized spacial score (nSPS) is 16.4. The van der Waals surface area contributed by atoms with Crippen molar-refractivity contribution in [3.63, 3.8) is 0 Å². The molecule has 2 fully saturated rings. The third-order valence-corrected chi connectivity index (χ3v) is 11.1. The van der Waals surface area contributed by atoms with E-state index >= 15 is 0 Å². The van der Waals surface area contributed by atoms with Crippen molar-refractivity contribution in [3.8, 4) is 21.3 Å². The Bertz CT molecular complexity index is 2240. The van der Waals surface area contributed by atoms with E-state index in [-0.39, 0.29) is 17.2 Å². The van der Waals surface area contributed by atoms with Crippen LogP contribution in [0, 0.1) is 11.2 Å². The molecule has 9 rings (SSSR count). The van der Waals surface area contributed by atoms with Crippen molar-refractivity contribution in [2.75, 3.05) is 48.0 Å². The monoisotopic (exact) mass is 685 g/mol. The largest absolute Gasteiger partial charge is 0.381 e. The number of ether oxygens (including phenoxy) is 1. The molecule has 7 heterocycles. The minimum absolute atomic E-state index is 0.242. The van der Waals surface area contributed by atoms with E-state index < -0.39 is 5.82 Å². The van der Waals surface area contributed by atoms with Gasteiger partial charge in [-0.2, -0.15) is 0 Å². The molecule has 3 aliphatic heterocycles. The van der Waals surface area contributed by atoms with E-state index in [9.17, 15) is 14.0 Å². The number of anilines is 3. The molecule has 0 bridgehead atoms. The predicted octanol–water partition coefficient (Wildman–Crippen LogP) is 6.96.